The fourth-order valence-electron chi connectivity index (χ4n) is 9.47. The van der Waals surface area contributed by atoms with Crippen molar-refractivity contribution in [3.63, 3.8) is 0 Å². The number of benzene rings is 5. The monoisotopic (exact) mass is 1110 g/mol. The highest BCUT2D eigenvalue weighted by molar-refractivity contribution is 5.97. The van der Waals surface area contributed by atoms with Gasteiger partial charge < -0.3 is 15.1 Å². The summed E-state index contributed by atoms with van der Waals surface area (Å²) in [6.07, 6.45) is 30.7. The summed E-state index contributed by atoms with van der Waals surface area (Å²) in [4.78, 5) is 0. The second kappa shape index (κ2) is 31.0. The van der Waals surface area contributed by atoms with Gasteiger partial charge >= 0.3 is 11.6 Å². The molecule has 0 aliphatic carbocycles. The van der Waals surface area contributed by atoms with Crippen LogP contribution in [0.3, 0.4) is 0 Å². The summed E-state index contributed by atoms with van der Waals surface area (Å²) < 4.78 is 18.6. The lowest BCUT2D eigenvalue weighted by molar-refractivity contribution is -0.697. The van der Waals surface area contributed by atoms with E-state index < -0.39 is 0 Å². The molecule has 5 aromatic carbocycles. The van der Waals surface area contributed by atoms with Crippen molar-refractivity contribution in [2.75, 3.05) is 62.7 Å². The zero-order valence-electron chi connectivity index (χ0n) is 49.7. The number of nitrogens with one attached hydrogen (secondary N) is 1. The first-order valence-corrected chi connectivity index (χ1v) is 28.7. The molecule has 0 bridgehead atoms. The van der Waals surface area contributed by atoms with Gasteiger partial charge in [-0.1, -0.05) is 48.5 Å². The Labute approximate surface area is 491 Å². The van der Waals surface area contributed by atoms with Crippen molar-refractivity contribution in [1.82, 2.24) is 14.1 Å². The molecule has 9 rings (SSSR count). The first kappa shape index (κ1) is 59.7. The lowest BCUT2D eigenvalue weighted by atomic mass is 10.1. The number of fused-ring (bicyclic) bond motifs is 1. The fourth-order valence-corrected chi connectivity index (χ4v) is 9.47. The number of anilines is 5. The molecule has 1 N–H and O–H groups in total. The van der Waals surface area contributed by atoms with Gasteiger partial charge in [0.2, 0.25) is 5.52 Å². The quantitative estimate of drug-likeness (QED) is 0.0238. The molecule has 0 fully saturated rings. The molecule has 0 radical (unpaired) electrons. The number of ether oxygens (including phenoxy) is 1. The topological polar surface area (TPSA) is 109 Å². The van der Waals surface area contributed by atoms with E-state index in [1.807, 2.05) is 141 Å². The fraction of sp³-hybridized carbons (Fsp3) is 0.284. The predicted octanol–water partition coefficient (Wildman–Crippen LogP) is 10.5. The number of para-hydroxylation sites is 3. The Morgan fingerprint density at radius 2 is 0.964 bits per heavy atom. The van der Waals surface area contributed by atoms with Crippen LogP contribution in [-0.2, 0) is 40.3 Å². The van der Waals surface area contributed by atoms with Gasteiger partial charge in [0.05, 0.1) is 69.2 Å². The maximum absolute atomic E-state index is 5.24. The Kier molecular flexibility index (Phi) is 22.3. The Bertz CT molecular complexity index is 3500. The minimum atomic E-state index is 0.841. The third-order valence-corrected chi connectivity index (χ3v) is 14.4. The molecule has 0 atom stereocenters. The van der Waals surface area contributed by atoms with E-state index in [2.05, 4.69) is 196 Å². The zero-order valence-corrected chi connectivity index (χ0v) is 49.7. The summed E-state index contributed by atoms with van der Waals surface area (Å²) in [5.41, 5.74) is 8.60. The number of aryl methyl sites for hydroxylation is 6. The number of pyridine rings is 2. The van der Waals surface area contributed by atoms with Crippen LogP contribution in [0.15, 0.2) is 215 Å². The molecule has 16 heteroatoms. The molecule has 0 amide bonds. The van der Waals surface area contributed by atoms with Gasteiger partial charge in [-0.2, -0.15) is 25.0 Å². The number of hydrogen-bond acceptors (Lipinski definition) is 10. The van der Waals surface area contributed by atoms with Crippen LogP contribution in [0.4, 0.5) is 28.4 Å². The number of hydrazone groups is 4. The van der Waals surface area contributed by atoms with E-state index in [0.717, 1.165) is 115 Å². The van der Waals surface area contributed by atoms with Crippen molar-refractivity contribution in [3.05, 3.63) is 218 Å². The molecular formula is C67H83N15O+4. The second-order valence-electron chi connectivity index (χ2n) is 20.7. The standard InChI is InChI=1S/C43H47N7O.C24H36N8/c1-47(39-13-7-6-8-14-39)45-34-36-27-32-50(43-16-10-9-15-42(36)43)29-12-5-4-11-28-49-30-25-35(26-31-49)33-44-48(2)40-21-17-37(18-22-40)46-38-19-23-41(51-3)24-20-38;1-27(2)25-20-23-28(3)16-18-31(23)14-10-7-11-15-32-19-17-29(4)24(32)21-26-30(5)22-12-8-6-9-13-22/h6-10,13-27,30-34,46H,4-5,11-12,28-29H2,1-3H3;6,8-9,12-13,16-21H,7,10-11,14-15H2,1-5H3/q2*+2. The molecule has 0 unspecified atom stereocenters. The zero-order chi connectivity index (χ0) is 58.2. The van der Waals surface area contributed by atoms with E-state index in [1.54, 1.807) is 7.11 Å². The number of aromatic nitrogens is 6. The molecule has 0 saturated carbocycles. The smallest absolute Gasteiger partial charge is 0.301 e. The molecule has 4 aromatic heterocycles. The molecule has 16 nitrogen and oxygen atoms in total. The van der Waals surface area contributed by atoms with Crippen molar-refractivity contribution in [2.24, 2.45) is 34.5 Å². The highest BCUT2D eigenvalue weighted by atomic mass is 16.5. The number of methoxy groups -OCH3 is 1. The van der Waals surface area contributed by atoms with Crippen molar-refractivity contribution < 1.29 is 23.0 Å². The minimum absolute atomic E-state index is 0.841. The first-order valence-electron chi connectivity index (χ1n) is 28.7. The van der Waals surface area contributed by atoms with Crippen LogP contribution < -0.4 is 43.3 Å². The molecule has 4 heterocycles. The van der Waals surface area contributed by atoms with Crippen LogP contribution in [-0.4, -0.2) is 81.3 Å². The maximum Gasteiger partial charge on any atom is 0.301 e. The highest BCUT2D eigenvalue weighted by Crippen LogP contribution is 2.23. The molecule has 0 aliphatic heterocycles. The van der Waals surface area contributed by atoms with Gasteiger partial charge in [-0.3, -0.25) is 15.0 Å². The van der Waals surface area contributed by atoms with Gasteiger partial charge in [0.1, 0.15) is 56.1 Å². The van der Waals surface area contributed by atoms with Gasteiger partial charge in [-0.25, -0.2) is 22.8 Å². The summed E-state index contributed by atoms with van der Waals surface area (Å²) in [5, 5.41) is 30.5. The lowest BCUT2D eigenvalue weighted by Gasteiger charge is -2.14. The SMILES string of the molecule is CN(C)/N=C/c1n(CCCCCn2cc[n+](C)c2/C=N/N(C)c2ccccc2)cc[n+]1C.COc1ccc(Nc2ccc(N(C)/N=C/c3cc[n+](CCCCCC[n+]4ccc(/C=N/N(C)c5ccccc5)c5ccccc54)cc3)cc2)cc1. The number of hydrogen-bond donors (Lipinski definition) is 1. The Morgan fingerprint density at radius 3 is 1.54 bits per heavy atom. The number of imidazole rings is 2. The maximum atomic E-state index is 5.24. The highest BCUT2D eigenvalue weighted by Gasteiger charge is 2.16. The van der Waals surface area contributed by atoms with Crippen LogP contribution in [0.2, 0.25) is 0 Å². The predicted molar refractivity (Wildman–Crippen MR) is 339 cm³/mol. The Hall–Kier alpha value is -9.44. The number of unbranched alkanes of at least 4 members (excludes halogenated alkanes) is 5. The van der Waals surface area contributed by atoms with E-state index in [4.69, 9.17) is 9.84 Å². The largest absolute Gasteiger partial charge is 0.497 e. The van der Waals surface area contributed by atoms with E-state index in [9.17, 15) is 0 Å². The number of rotatable bonds is 27. The van der Waals surface area contributed by atoms with Crippen LogP contribution in [0, 0.1) is 0 Å². The van der Waals surface area contributed by atoms with Crippen molar-refractivity contribution in [3.8, 4) is 5.75 Å². The first-order chi connectivity index (χ1) is 40.5. The van der Waals surface area contributed by atoms with Crippen LogP contribution in [0.5, 0.6) is 5.75 Å². The van der Waals surface area contributed by atoms with Crippen molar-refractivity contribution >= 4 is 64.2 Å². The summed E-state index contributed by atoms with van der Waals surface area (Å²) in [7, 11) is 15.6. The van der Waals surface area contributed by atoms with Gasteiger partial charge in [0.25, 0.3) is 0 Å². The summed E-state index contributed by atoms with van der Waals surface area (Å²) in [6.45, 7) is 3.98. The molecule has 0 spiro atoms. The molecule has 0 saturated heterocycles. The van der Waals surface area contributed by atoms with Gasteiger partial charge in [0.15, 0.2) is 18.6 Å². The van der Waals surface area contributed by atoms with E-state index in [0.29, 0.717) is 0 Å². The Morgan fingerprint density at radius 1 is 0.470 bits per heavy atom. The van der Waals surface area contributed by atoms with E-state index in [1.165, 1.54) is 23.7 Å². The van der Waals surface area contributed by atoms with Gasteiger partial charge in [0, 0.05) is 94.8 Å². The molecule has 9 aromatic rings. The lowest BCUT2D eigenvalue weighted by Crippen LogP contribution is -2.34. The average molecular weight is 1110 g/mol. The second-order valence-corrected chi connectivity index (χ2v) is 20.7. The number of nitrogens with zero attached hydrogens (tertiary/aromatic N) is 14. The Balaban J connectivity index is 0.000000242. The third-order valence-electron chi connectivity index (χ3n) is 14.4. The normalized spacial score (nSPS) is 11.5. The average Bonchev–Trinajstić information content (AvgIpc) is 4.10. The van der Waals surface area contributed by atoms with Crippen molar-refractivity contribution in [1.29, 1.82) is 0 Å². The molecule has 428 valence electrons. The third kappa shape index (κ3) is 18.0. The minimum Gasteiger partial charge on any atom is -0.497 e. The van der Waals surface area contributed by atoms with Crippen LogP contribution in [0.1, 0.15) is 67.7 Å². The van der Waals surface area contributed by atoms with Gasteiger partial charge in [-0.15, -0.1) is 0 Å². The molecule has 83 heavy (non-hydrogen) atoms. The summed E-state index contributed by atoms with van der Waals surface area (Å²) >= 11 is 0. The summed E-state index contributed by atoms with van der Waals surface area (Å²) in [6, 6.07) is 51.5. The van der Waals surface area contributed by atoms with E-state index in [-0.39, 0.29) is 0 Å². The molecular weight excluding hydrogens is 1030 g/mol. The van der Waals surface area contributed by atoms with Crippen LogP contribution in [0.25, 0.3) is 10.9 Å². The van der Waals surface area contributed by atoms with Crippen LogP contribution >= 0.6 is 0 Å². The van der Waals surface area contributed by atoms with Crippen molar-refractivity contribution in [2.45, 2.75) is 71.1 Å². The van der Waals surface area contributed by atoms with Gasteiger partial charge in [-0.05, 0) is 111 Å². The van der Waals surface area contributed by atoms with E-state index >= 15 is 0 Å². The molecule has 0 aliphatic rings. The summed E-state index contributed by atoms with van der Waals surface area (Å²) in [5.74, 6) is 3.04.